The van der Waals surface area contributed by atoms with Gasteiger partial charge in [-0.05, 0) is 18.2 Å². The molecule has 0 aromatic heterocycles. The minimum absolute atomic E-state index is 0.0628. The van der Waals surface area contributed by atoms with Crippen LogP contribution in [0.4, 0.5) is 14.5 Å². The van der Waals surface area contributed by atoms with Gasteiger partial charge in [0.1, 0.15) is 11.6 Å². The predicted octanol–water partition coefficient (Wildman–Crippen LogP) is 4.59. The number of nitriles is 1. The average Bonchev–Trinajstić information content (AvgIpc) is 2.42. The first-order valence-electron chi connectivity index (χ1n) is 5.68. The van der Waals surface area contributed by atoms with E-state index < -0.39 is 11.6 Å². The Bertz CT molecular complexity index is 705. The molecular formula is C15H9ClF2N2. The molecule has 2 aromatic carbocycles. The number of rotatable bonds is 3. The van der Waals surface area contributed by atoms with E-state index in [4.69, 9.17) is 16.9 Å². The zero-order chi connectivity index (χ0) is 14.5. The molecule has 100 valence electrons. The third kappa shape index (κ3) is 3.14. The van der Waals surface area contributed by atoms with Gasteiger partial charge in [0.2, 0.25) is 0 Å². The van der Waals surface area contributed by atoms with Crippen LogP contribution in [-0.4, -0.2) is 0 Å². The summed E-state index contributed by atoms with van der Waals surface area (Å²) in [5.41, 5.74) is 0.955. The van der Waals surface area contributed by atoms with Gasteiger partial charge in [-0.3, -0.25) is 0 Å². The first-order chi connectivity index (χ1) is 9.61. The molecule has 1 N–H and O–H groups in total. The van der Waals surface area contributed by atoms with Crippen molar-refractivity contribution in [3.05, 3.63) is 70.8 Å². The van der Waals surface area contributed by atoms with E-state index in [2.05, 4.69) is 5.32 Å². The van der Waals surface area contributed by atoms with Crippen LogP contribution in [-0.2, 0) is 0 Å². The zero-order valence-corrected chi connectivity index (χ0v) is 11.0. The molecule has 0 spiro atoms. The van der Waals surface area contributed by atoms with Crippen molar-refractivity contribution in [2.75, 3.05) is 5.32 Å². The van der Waals surface area contributed by atoms with Crippen molar-refractivity contribution in [3.63, 3.8) is 0 Å². The molecule has 0 saturated carbocycles. The Morgan fingerprint density at radius 2 is 1.95 bits per heavy atom. The molecule has 0 atom stereocenters. The van der Waals surface area contributed by atoms with Crippen molar-refractivity contribution in [3.8, 4) is 6.07 Å². The standard InChI is InChI=1S/C15H9ClF2N2/c16-12-4-2-1-3-11(12)14(7-8-19)20-15-6-5-10(17)9-13(15)18/h1-7,9,20H/b14-7-. The molecule has 20 heavy (non-hydrogen) atoms. The normalized spacial score (nSPS) is 11.0. The Morgan fingerprint density at radius 1 is 1.20 bits per heavy atom. The first-order valence-corrected chi connectivity index (χ1v) is 6.06. The highest BCUT2D eigenvalue weighted by molar-refractivity contribution is 6.32. The number of nitrogens with one attached hydrogen (secondary N) is 1. The molecule has 2 rings (SSSR count). The molecule has 0 aliphatic rings. The topological polar surface area (TPSA) is 35.8 Å². The van der Waals surface area contributed by atoms with E-state index >= 15 is 0 Å². The summed E-state index contributed by atoms with van der Waals surface area (Å²) in [4.78, 5) is 0. The van der Waals surface area contributed by atoms with Gasteiger partial charge in [-0.15, -0.1) is 0 Å². The van der Waals surface area contributed by atoms with Crippen molar-refractivity contribution in [2.24, 2.45) is 0 Å². The fourth-order valence-corrected chi connectivity index (χ4v) is 1.90. The highest BCUT2D eigenvalue weighted by Gasteiger charge is 2.09. The summed E-state index contributed by atoms with van der Waals surface area (Å²) in [5, 5.41) is 12.0. The van der Waals surface area contributed by atoms with Crippen LogP contribution >= 0.6 is 11.6 Å². The Hall–Kier alpha value is -2.38. The van der Waals surface area contributed by atoms with E-state index in [9.17, 15) is 8.78 Å². The summed E-state index contributed by atoms with van der Waals surface area (Å²) < 4.78 is 26.5. The molecule has 0 aliphatic heterocycles. The van der Waals surface area contributed by atoms with E-state index in [0.717, 1.165) is 12.1 Å². The second-order valence-electron chi connectivity index (χ2n) is 3.92. The van der Waals surface area contributed by atoms with Crippen LogP contribution in [0.1, 0.15) is 5.56 Å². The summed E-state index contributed by atoms with van der Waals surface area (Å²) >= 11 is 6.04. The minimum atomic E-state index is -0.749. The van der Waals surface area contributed by atoms with Gasteiger partial charge in [0.15, 0.2) is 0 Å². The summed E-state index contributed by atoms with van der Waals surface area (Å²) in [6, 6.07) is 11.9. The van der Waals surface area contributed by atoms with Crippen LogP contribution in [0.15, 0.2) is 48.5 Å². The van der Waals surface area contributed by atoms with Gasteiger partial charge in [-0.2, -0.15) is 5.26 Å². The smallest absolute Gasteiger partial charge is 0.149 e. The van der Waals surface area contributed by atoms with Gasteiger partial charge in [0, 0.05) is 22.7 Å². The molecule has 0 radical (unpaired) electrons. The molecular weight excluding hydrogens is 282 g/mol. The van der Waals surface area contributed by atoms with E-state index in [1.165, 1.54) is 12.1 Å². The minimum Gasteiger partial charge on any atom is -0.352 e. The van der Waals surface area contributed by atoms with Gasteiger partial charge in [0.05, 0.1) is 17.5 Å². The molecule has 0 saturated heterocycles. The SMILES string of the molecule is N#C/C=C(\Nc1ccc(F)cc1F)c1ccccc1Cl. The largest absolute Gasteiger partial charge is 0.352 e. The van der Waals surface area contributed by atoms with Crippen molar-refractivity contribution >= 4 is 23.0 Å². The number of allylic oxidation sites excluding steroid dienone is 1. The molecule has 0 amide bonds. The lowest BCUT2D eigenvalue weighted by Gasteiger charge is -2.12. The molecule has 5 heteroatoms. The monoisotopic (exact) mass is 290 g/mol. The van der Waals surface area contributed by atoms with Gasteiger partial charge in [-0.1, -0.05) is 29.8 Å². The lowest BCUT2D eigenvalue weighted by molar-refractivity contribution is 0.586. The quantitative estimate of drug-likeness (QED) is 0.839. The lowest BCUT2D eigenvalue weighted by atomic mass is 10.1. The number of hydrogen-bond donors (Lipinski definition) is 1. The molecule has 0 heterocycles. The maximum absolute atomic E-state index is 13.6. The number of anilines is 1. The van der Waals surface area contributed by atoms with E-state index in [1.807, 2.05) is 6.07 Å². The zero-order valence-electron chi connectivity index (χ0n) is 10.2. The molecule has 0 unspecified atom stereocenters. The van der Waals surface area contributed by atoms with Gasteiger partial charge >= 0.3 is 0 Å². The van der Waals surface area contributed by atoms with Gasteiger partial charge in [-0.25, -0.2) is 8.78 Å². The third-order valence-corrected chi connectivity index (χ3v) is 2.90. The van der Waals surface area contributed by atoms with Crippen LogP contribution in [0, 0.1) is 23.0 Å². The van der Waals surface area contributed by atoms with Crippen LogP contribution in [0.5, 0.6) is 0 Å². The highest BCUT2D eigenvalue weighted by atomic mass is 35.5. The summed E-state index contributed by atoms with van der Waals surface area (Å²) in [7, 11) is 0. The Morgan fingerprint density at radius 3 is 2.60 bits per heavy atom. The second kappa shape index (κ2) is 6.18. The molecule has 0 aliphatic carbocycles. The van der Waals surface area contributed by atoms with Crippen LogP contribution in [0.2, 0.25) is 5.02 Å². The van der Waals surface area contributed by atoms with Gasteiger partial charge in [0.25, 0.3) is 0 Å². The summed E-state index contributed by atoms with van der Waals surface area (Å²) in [5.74, 6) is -1.42. The maximum Gasteiger partial charge on any atom is 0.149 e. The fourth-order valence-electron chi connectivity index (χ4n) is 1.66. The Labute approximate surface area is 119 Å². The van der Waals surface area contributed by atoms with Crippen molar-refractivity contribution < 1.29 is 8.78 Å². The van der Waals surface area contributed by atoms with Crippen molar-refractivity contribution in [1.82, 2.24) is 0 Å². The first kappa shape index (κ1) is 14.0. The van der Waals surface area contributed by atoms with E-state index in [1.54, 1.807) is 24.3 Å². The molecule has 2 aromatic rings. The van der Waals surface area contributed by atoms with Crippen LogP contribution < -0.4 is 5.32 Å². The Kier molecular flexibility index (Phi) is 4.34. The summed E-state index contributed by atoms with van der Waals surface area (Å²) in [6.45, 7) is 0. The van der Waals surface area contributed by atoms with Crippen molar-refractivity contribution in [2.45, 2.75) is 0 Å². The van der Waals surface area contributed by atoms with Crippen molar-refractivity contribution in [1.29, 1.82) is 5.26 Å². The van der Waals surface area contributed by atoms with Crippen LogP contribution in [0.3, 0.4) is 0 Å². The highest BCUT2D eigenvalue weighted by Crippen LogP contribution is 2.26. The van der Waals surface area contributed by atoms with Gasteiger partial charge < -0.3 is 5.32 Å². The molecule has 0 bridgehead atoms. The van der Waals surface area contributed by atoms with E-state index in [0.29, 0.717) is 16.3 Å². The molecule has 0 fully saturated rings. The average molecular weight is 291 g/mol. The van der Waals surface area contributed by atoms with E-state index in [-0.39, 0.29) is 5.69 Å². The summed E-state index contributed by atoms with van der Waals surface area (Å²) in [6.07, 6.45) is 1.21. The fraction of sp³-hybridized carbons (Fsp3) is 0. The molecule has 2 nitrogen and oxygen atoms in total. The number of nitrogens with zero attached hydrogens (tertiary/aromatic N) is 1. The Balaban J connectivity index is 2.40. The predicted molar refractivity (Wildman–Crippen MR) is 75.0 cm³/mol. The third-order valence-electron chi connectivity index (χ3n) is 2.57. The van der Waals surface area contributed by atoms with Crippen LogP contribution in [0.25, 0.3) is 5.70 Å². The lowest BCUT2D eigenvalue weighted by Crippen LogP contribution is -2.01. The maximum atomic E-state index is 13.6. The number of benzene rings is 2. The second-order valence-corrected chi connectivity index (χ2v) is 4.32. The number of hydrogen-bond acceptors (Lipinski definition) is 2. The number of halogens is 3.